The SMILES string of the molecule is CCCCn1cc[n+](C(N)CC)c1.F[B-](F)(F)F. The molecule has 3 nitrogen and oxygen atoms in total. The molecule has 0 bridgehead atoms. The van der Waals surface area contributed by atoms with Gasteiger partial charge in [-0.2, -0.15) is 0 Å². The van der Waals surface area contributed by atoms with Gasteiger partial charge in [-0.15, -0.1) is 0 Å². The zero-order valence-corrected chi connectivity index (χ0v) is 10.7. The molecule has 1 aromatic rings. The standard InChI is InChI=1S/C10H20N3.BF4/c1-3-5-6-12-7-8-13(9-12)10(11)4-2;2-1(3,4)5/h7-10H,3-6,11H2,1-2H3;/q+1;-1. The summed E-state index contributed by atoms with van der Waals surface area (Å²) >= 11 is 0. The third-order valence-electron chi connectivity index (χ3n) is 2.28. The topological polar surface area (TPSA) is 34.8 Å². The first-order chi connectivity index (χ1) is 8.27. The van der Waals surface area contributed by atoms with Gasteiger partial charge in [0, 0.05) is 0 Å². The number of halogens is 4. The van der Waals surface area contributed by atoms with Crippen LogP contribution in [0.2, 0.25) is 0 Å². The molecule has 0 saturated carbocycles. The minimum absolute atomic E-state index is 0.128. The number of rotatable bonds is 5. The van der Waals surface area contributed by atoms with Gasteiger partial charge in [-0.1, -0.05) is 20.3 Å². The Bertz CT molecular complexity index is 321. The summed E-state index contributed by atoms with van der Waals surface area (Å²) in [6.07, 6.45) is 9.79. The summed E-state index contributed by atoms with van der Waals surface area (Å²) in [6.45, 7) is 5.40. The number of imidazole rings is 1. The van der Waals surface area contributed by atoms with Crippen molar-refractivity contribution < 1.29 is 21.8 Å². The highest BCUT2D eigenvalue weighted by Crippen LogP contribution is 2.06. The van der Waals surface area contributed by atoms with Crippen LogP contribution >= 0.6 is 0 Å². The zero-order valence-electron chi connectivity index (χ0n) is 10.7. The summed E-state index contributed by atoms with van der Waals surface area (Å²) in [4.78, 5) is 0. The Hall–Kier alpha value is -1.05. The van der Waals surface area contributed by atoms with Crippen LogP contribution in [0.1, 0.15) is 39.3 Å². The third kappa shape index (κ3) is 9.03. The normalized spacial score (nSPS) is 12.8. The molecule has 1 atom stereocenters. The number of hydrogen-bond acceptors (Lipinski definition) is 1. The quantitative estimate of drug-likeness (QED) is 0.498. The van der Waals surface area contributed by atoms with Gasteiger partial charge in [-0.05, 0) is 12.8 Å². The Morgan fingerprint density at radius 3 is 2.28 bits per heavy atom. The number of aromatic nitrogens is 2. The molecule has 0 aliphatic carbocycles. The molecule has 2 N–H and O–H groups in total. The molecule has 0 aromatic carbocycles. The first-order valence-corrected chi connectivity index (χ1v) is 5.97. The van der Waals surface area contributed by atoms with Crippen molar-refractivity contribution in [1.29, 1.82) is 0 Å². The van der Waals surface area contributed by atoms with E-state index in [2.05, 4.69) is 35.5 Å². The molecule has 1 heterocycles. The highest BCUT2D eigenvalue weighted by Gasteiger charge is 2.20. The molecule has 106 valence electrons. The van der Waals surface area contributed by atoms with Gasteiger partial charge in [0.15, 0.2) is 0 Å². The first kappa shape index (κ1) is 17.0. The van der Waals surface area contributed by atoms with Crippen LogP contribution in [0, 0.1) is 0 Å². The van der Waals surface area contributed by atoms with Gasteiger partial charge in [0.05, 0.1) is 6.54 Å². The number of nitrogens with two attached hydrogens (primary N) is 1. The van der Waals surface area contributed by atoms with Gasteiger partial charge < -0.3 is 17.3 Å². The molecule has 0 amide bonds. The fourth-order valence-electron chi connectivity index (χ4n) is 1.29. The third-order valence-corrected chi connectivity index (χ3v) is 2.28. The van der Waals surface area contributed by atoms with Crippen LogP contribution in [0.15, 0.2) is 18.7 Å². The maximum absolute atomic E-state index is 9.75. The first-order valence-electron chi connectivity index (χ1n) is 5.97. The molecule has 8 heteroatoms. The van der Waals surface area contributed by atoms with E-state index in [0.29, 0.717) is 0 Å². The summed E-state index contributed by atoms with van der Waals surface area (Å²) < 4.78 is 43.3. The maximum Gasteiger partial charge on any atom is 0.673 e. The monoisotopic (exact) mass is 269 g/mol. The largest absolute Gasteiger partial charge is 0.673 e. The Morgan fingerprint density at radius 2 is 1.83 bits per heavy atom. The molecular weight excluding hydrogens is 249 g/mol. The molecule has 0 fully saturated rings. The van der Waals surface area contributed by atoms with Gasteiger partial charge in [-0.25, -0.2) is 9.13 Å². The molecule has 1 aromatic heterocycles. The average molecular weight is 269 g/mol. The van der Waals surface area contributed by atoms with E-state index in [1.165, 1.54) is 12.8 Å². The summed E-state index contributed by atoms with van der Waals surface area (Å²) in [7, 11) is -6.00. The number of aryl methyl sites for hydroxylation is 1. The second kappa shape index (κ2) is 8.13. The van der Waals surface area contributed by atoms with E-state index >= 15 is 0 Å². The van der Waals surface area contributed by atoms with Gasteiger partial charge in [0.25, 0.3) is 0 Å². The highest BCUT2D eigenvalue weighted by atomic mass is 19.5. The Labute approximate surface area is 105 Å². The molecule has 0 aliphatic heterocycles. The van der Waals surface area contributed by atoms with Crippen LogP contribution in [0.3, 0.4) is 0 Å². The number of hydrogen-bond donors (Lipinski definition) is 1. The van der Waals surface area contributed by atoms with Crippen molar-refractivity contribution in [2.45, 2.75) is 45.8 Å². The Morgan fingerprint density at radius 1 is 1.28 bits per heavy atom. The zero-order chi connectivity index (χ0) is 14.2. The second-order valence-electron chi connectivity index (χ2n) is 3.92. The molecule has 0 spiro atoms. The van der Waals surface area contributed by atoms with Crippen LogP contribution in [0.5, 0.6) is 0 Å². The van der Waals surface area contributed by atoms with Crippen LogP contribution in [-0.4, -0.2) is 11.8 Å². The predicted molar refractivity (Wildman–Crippen MR) is 63.2 cm³/mol. The van der Waals surface area contributed by atoms with Crippen LogP contribution in [-0.2, 0) is 6.54 Å². The van der Waals surface area contributed by atoms with Crippen molar-refractivity contribution in [3.63, 3.8) is 0 Å². The smallest absolute Gasteiger partial charge is 0.418 e. The predicted octanol–water partition coefficient (Wildman–Crippen LogP) is 2.74. The Kier molecular flexibility index (Phi) is 7.65. The molecule has 0 saturated heterocycles. The summed E-state index contributed by atoms with van der Waals surface area (Å²) in [6, 6.07) is 0. The molecule has 1 rings (SSSR count). The summed E-state index contributed by atoms with van der Waals surface area (Å²) in [5.41, 5.74) is 5.89. The van der Waals surface area contributed by atoms with E-state index in [9.17, 15) is 17.3 Å². The van der Waals surface area contributed by atoms with Gasteiger partial charge in [0.2, 0.25) is 6.33 Å². The van der Waals surface area contributed by atoms with E-state index in [0.717, 1.165) is 13.0 Å². The van der Waals surface area contributed by atoms with Gasteiger partial charge >= 0.3 is 7.25 Å². The van der Waals surface area contributed by atoms with E-state index in [1.54, 1.807) is 0 Å². The lowest BCUT2D eigenvalue weighted by Gasteiger charge is -2.02. The lowest BCUT2D eigenvalue weighted by Crippen LogP contribution is -2.42. The number of nitrogens with zero attached hydrogens (tertiary/aromatic N) is 2. The summed E-state index contributed by atoms with van der Waals surface area (Å²) in [5.74, 6) is 0. The minimum atomic E-state index is -6.00. The molecular formula is C10H20BF4N3. The second-order valence-corrected chi connectivity index (χ2v) is 3.92. The molecule has 0 radical (unpaired) electrons. The summed E-state index contributed by atoms with van der Waals surface area (Å²) in [5, 5.41) is 0. The lowest BCUT2D eigenvalue weighted by atomic mass is 10.3. The van der Waals surface area contributed by atoms with Crippen molar-refractivity contribution in [3.8, 4) is 0 Å². The van der Waals surface area contributed by atoms with Gasteiger partial charge in [0.1, 0.15) is 18.6 Å². The highest BCUT2D eigenvalue weighted by molar-refractivity contribution is 6.50. The molecule has 1 unspecified atom stereocenters. The maximum atomic E-state index is 9.75. The van der Waals surface area contributed by atoms with E-state index < -0.39 is 7.25 Å². The van der Waals surface area contributed by atoms with Crippen molar-refractivity contribution >= 4 is 7.25 Å². The van der Waals surface area contributed by atoms with Crippen LogP contribution in [0.25, 0.3) is 0 Å². The van der Waals surface area contributed by atoms with E-state index in [-0.39, 0.29) is 6.17 Å². The van der Waals surface area contributed by atoms with E-state index in [4.69, 9.17) is 5.73 Å². The van der Waals surface area contributed by atoms with Crippen molar-refractivity contribution in [1.82, 2.24) is 4.57 Å². The minimum Gasteiger partial charge on any atom is -0.418 e. The molecule has 18 heavy (non-hydrogen) atoms. The lowest BCUT2D eigenvalue weighted by molar-refractivity contribution is -0.722. The van der Waals surface area contributed by atoms with Crippen LogP contribution < -0.4 is 10.3 Å². The molecule has 0 aliphatic rings. The number of unbranched alkanes of at least 4 members (excludes halogenated alkanes) is 1. The fraction of sp³-hybridized carbons (Fsp3) is 0.700. The van der Waals surface area contributed by atoms with Crippen molar-refractivity contribution in [3.05, 3.63) is 18.7 Å². The fourth-order valence-corrected chi connectivity index (χ4v) is 1.29. The van der Waals surface area contributed by atoms with Crippen LogP contribution in [0.4, 0.5) is 17.3 Å². The van der Waals surface area contributed by atoms with Crippen molar-refractivity contribution in [2.75, 3.05) is 0 Å². The Balaban J connectivity index is 0.000000494. The van der Waals surface area contributed by atoms with E-state index in [1.807, 2.05) is 6.20 Å². The van der Waals surface area contributed by atoms with Gasteiger partial charge in [-0.3, -0.25) is 5.73 Å². The average Bonchev–Trinajstić information content (AvgIpc) is 2.71. The van der Waals surface area contributed by atoms with Crippen molar-refractivity contribution in [2.24, 2.45) is 5.73 Å².